The molecule has 0 aliphatic rings. The summed E-state index contributed by atoms with van der Waals surface area (Å²) in [5.41, 5.74) is 0. The summed E-state index contributed by atoms with van der Waals surface area (Å²) >= 11 is 3.00. The average molecular weight is 790 g/mol. The molecule has 9 nitrogen and oxygen atoms in total. The fraction of sp³-hybridized carbons (Fsp3) is 0.850. The standard InChI is InChI=1S/C40H72NO8PS2/c1-6-8-10-12-14-16-18-20-22-24-26-28-32-51-36-39(42)46-34-38(35-48-50(44,45)47-31-30-41(3,4)5)49-40(43)37-52-33-29-27-25-23-21-19-17-15-13-11-9-7-2/h38H,6-7,12-37H2,1-5H3/t38-/m1/s1. The molecule has 0 N–H and O–H groups in total. The molecule has 0 saturated heterocycles. The van der Waals surface area contributed by atoms with Gasteiger partial charge in [0.2, 0.25) is 0 Å². The molecule has 0 spiro atoms. The van der Waals surface area contributed by atoms with Crippen LogP contribution in [0, 0.1) is 23.7 Å². The zero-order valence-electron chi connectivity index (χ0n) is 33.4. The Labute approximate surface area is 326 Å². The van der Waals surface area contributed by atoms with Gasteiger partial charge in [0.25, 0.3) is 7.82 Å². The highest BCUT2D eigenvalue weighted by atomic mass is 32.2. The minimum atomic E-state index is -4.63. The molecule has 0 bridgehead atoms. The van der Waals surface area contributed by atoms with Crippen LogP contribution in [0.4, 0.5) is 0 Å². The number of thioether (sulfide) groups is 2. The summed E-state index contributed by atoms with van der Waals surface area (Å²) in [6.45, 7) is 3.81. The molecular formula is C40H72NO8PS2. The number of rotatable bonds is 34. The molecule has 52 heavy (non-hydrogen) atoms. The SMILES string of the molecule is CCC#CCCCCCCCCCCSCC(=O)OC[C@H](COP(=O)([O-])OCC[N+](C)(C)C)OC(=O)CSCCCCCCCCCCC#CCC. The van der Waals surface area contributed by atoms with Gasteiger partial charge in [0.15, 0.2) is 6.10 Å². The number of esters is 2. The Kier molecular flexibility index (Phi) is 34.7. The summed E-state index contributed by atoms with van der Waals surface area (Å²) in [6, 6.07) is 0. The van der Waals surface area contributed by atoms with Crippen molar-refractivity contribution in [3.8, 4) is 23.7 Å². The summed E-state index contributed by atoms with van der Waals surface area (Å²) in [5, 5.41) is 0. The molecule has 0 aliphatic heterocycles. The molecule has 0 amide bonds. The Bertz CT molecular complexity index is 1060. The maximum atomic E-state index is 12.6. The number of nitrogens with zero attached hydrogens (tertiary/aromatic N) is 1. The largest absolute Gasteiger partial charge is 0.756 e. The highest BCUT2D eigenvalue weighted by Gasteiger charge is 2.22. The van der Waals surface area contributed by atoms with Gasteiger partial charge in [-0.25, -0.2) is 0 Å². The van der Waals surface area contributed by atoms with Crippen LogP contribution >= 0.6 is 31.3 Å². The molecule has 302 valence electrons. The molecule has 0 aromatic carbocycles. The minimum absolute atomic E-state index is 0.0401. The molecule has 1 unspecified atom stereocenters. The van der Waals surface area contributed by atoms with Gasteiger partial charge in [-0.3, -0.25) is 14.2 Å². The van der Waals surface area contributed by atoms with Crippen molar-refractivity contribution in [3.63, 3.8) is 0 Å². The lowest BCUT2D eigenvalue weighted by Crippen LogP contribution is -2.37. The molecule has 12 heteroatoms. The fourth-order valence-electron chi connectivity index (χ4n) is 4.90. The van der Waals surface area contributed by atoms with E-state index in [0.29, 0.717) is 11.0 Å². The number of phosphoric acid groups is 1. The molecule has 2 atom stereocenters. The van der Waals surface area contributed by atoms with Crippen LogP contribution in [0.5, 0.6) is 0 Å². The van der Waals surface area contributed by atoms with Crippen molar-refractivity contribution in [1.82, 2.24) is 0 Å². The Balaban J connectivity index is 4.37. The van der Waals surface area contributed by atoms with E-state index in [-0.39, 0.29) is 24.7 Å². The zero-order chi connectivity index (χ0) is 38.6. The van der Waals surface area contributed by atoms with Crippen molar-refractivity contribution < 1.29 is 42.1 Å². The monoisotopic (exact) mass is 789 g/mol. The Morgan fingerprint density at radius 3 is 1.54 bits per heavy atom. The Morgan fingerprint density at radius 1 is 0.635 bits per heavy atom. The summed E-state index contributed by atoms with van der Waals surface area (Å²) in [4.78, 5) is 37.4. The Morgan fingerprint density at radius 2 is 1.08 bits per heavy atom. The van der Waals surface area contributed by atoms with Gasteiger partial charge in [0.1, 0.15) is 19.8 Å². The molecule has 0 saturated carbocycles. The van der Waals surface area contributed by atoms with E-state index in [1.54, 1.807) is 0 Å². The van der Waals surface area contributed by atoms with Crippen molar-refractivity contribution in [3.05, 3.63) is 0 Å². The smallest absolute Gasteiger partial charge is 0.316 e. The minimum Gasteiger partial charge on any atom is -0.756 e. The van der Waals surface area contributed by atoms with Crippen LogP contribution < -0.4 is 4.89 Å². The van der Waals surface area contributed by atoms with Crippen molar-refractivity contribution in [1.29, 1.82) is 0 Å². The van der Waals surface area contributed by atoms with E-state index in [0.717, 1.165) is 62.9 Å². The molecule has 0 aliphatic carbocycles. The van der Waals surface area contributed by atoms with Crippen LogP contribution in [0.25, 0.3) is 0 Å². The summed E-state index contributed by atoms with van der Waals surface area (Å²) in [7, 11) is 1.13. The normalized spacial score (nSPS) is 13.0. The highest BCUT2D eigenvalue weighted by molar-refractivity contribution is 8.00. The maximum Gasteiger partial charge on any atom is 0.316 e. The average Bonchev–Trinajstić information content (AvgIpc) is 3.09. The fourth-order valence-corrected chi connectivity index (χ4v) is 7.21. The molecular weight excluding hydrogens is 718 g/mol. The number of phosphoric ester groups is 1. The van der Waals surface area contributed by atoms with Gasteiger partial charge in [0.05, 0.1) is 39.3 Å². The van der Waals surface area contributed by atoms with Crippen LogP contribution in [-0.2, 0) is 32.7 Å². The van der Waals surface area contributed by atoms with Crippen LogP contribution in [-0.4, -0.2) is 93.0 Å². The van der Waals surface area contributed by atoms with Crippen molar-refractivity contribution in [2.24, 2.45) is 0 Å². The van der Waals surface area contributed by atoms with Gasteiger partial charge in [-0.05, 0) is 37.2 Å². The lowest BCUT2D eigenvalue weighted by Gasteiger charge is -2.28. The topological polar surface area (TPSA) is 111 Å². The molecule has 0 radical (unpaired) electrons. The van der Waals surface area contributed by atoms with Crippen LogP contribution in [0.15, 0.2) is 0 Å². The van der Waals surface area contributed by atoms with Crippen molar-refractivity contribution >= 4 is 43.3 Å². The number of ether oxygens (including phenoxy) is 2. The first kappa shape index (κ1) is 50.8. The second kappa shape index (κ2) is 35.5. The lowest BCUT2D eigenvalue weighted by molar-refractivity contribution is -0.870. The number of hydrogen-bond donors (Lipinski definition) is 0. The number of likely N-dealkylation sites (N-methyl/N-ethyl adjacent to an activating group) is 1. The van der Waals surface area contributed by atoms with E-state index >= 15 is 0 Å². The van der Waals surface area contributed by atoms with Crippen LogP contribution in [0.3, 0.4) is 0 Å². The van der Waals surface area contributed by atoms with E-state index in [4.69, 9.17) is 18.5 Å². The predicted octanol–water partition coefficient (Wildman–Crippen LogP) is 8.96. The molecule has 0 fully saturated rings. The number of quaternary nitrogens is 1. The quantitative estimate of drug-likeness (QED) is 0.0206. The van der Waals surface area contributed by atoms with E-state index in [2.05, 4.69) is 37.5 Å². The second-order valence-electron chi connectivity index (χ2n) is 14.1. The first-order valence-corrected chi connectivity index (χ1v) is 23.6. The number of hydrogen-bond acceptors (Lipinski definition) is 10. The maximum absolute atomic E-state index is 12.6. The van der Waals surface area contributed by atoms with E-state index in [9.17, 15) is 19.0 Å². The zero-order valence-corrected chi connectivity index (χ0v) is 35.9. The predicted molar refractivity (Wildman–Crippen MR) is 217 cm³/mol. The van der Waals surface area contributed by atoms with Gasteiger partial charge < -0.3 is 27.9 Å². The van der Waals surface area contributed by atoms with Crippen molar-refractivity contribution in [2.75, 3.05) is 70.5 Å². The van der Waals surface area contributed by atoms with Gasteiger partial charge in [-0.1, -0.05) is 90.9 Å². The van der Waals surface area contributed by atoms with Gasteiger partial charge >= 0.3 is 11.9 Å². The first-order valence-electron chi connectivity index (χ1n) is 19.8. The van der Waals surface area contributed by atoms with Crippen molar-refractivity contribution in [2.45, 2.75) is 148 Å². The highest BCUT2D eigenvalue weighted by Crippen LogP contribution is 2.38. The summed E-state index contributed by atoms with van der Waals surface area (Å²) < 4.78 is 33.7. The molecule has 0 aromatic rings. The van der Waals surface area contributed by atoms with E-state index in [1.807, 2.05) is 21.1 Å². The number of carbonyl (C=O) groups is 2. The second-order valence-corrected chi connectivity index (χ2v) is 17.7. The summed E-state index contributed by atoms with van der Waals surface area (Å²) in [5.74, 6) is 13.7. The third kappa shape index (κ3) is 38.6. The van der Waals surface area contributed by atoms with Crippen LogP contribution in [0.2, 0.25) is 0 Å². The number of carbonyl (C=O) groups excluding carboxylic acids is 2. The molecule has 0 rings (SSSR count). The van der Waals surface area contributed by atoms with Gasteiger partial charge in [-0.15, -0.1) is 23.7 Å². The number of unbranched alkanes of at least 4 members (excludes halogenated alkanes) is 16. The Hall–Kier alpha value is -1.17. The van der Waals surface area contributed by atoms with E-state index in [1.165, 1.54) is 101 Å². The van der Waals surface area contributed by atoms with Gasteiger partial charge in [-0.2, -0.15) is 23.5 Å². The molecule has 0 aromatic heterocycles. The molecule has 0 heterocycles. The summed E-state index contributed by atoms with van der Waals surface area (Å²) in [6.07, 6.45) is 21.9. The third-order valence-electron chi connectivity index (χ3n) is 7.88. The first-order chi connectivity index (χ1) is 25.0. The lowest BCUT2D eigenvalue weighted by atomic mass is 10.1. The van der Waals surface area contributed by atoms with E-state index < -0.39 is 32.5 Å². The van der Waals surface area contributed by atoms with Crippen LogP contribution in [0.1, 0.15) is 142 Å². The third-order valence-corrected chi connectivity index (χ3v) is 10.9. The van der Waals surface area contributed by atoms with Gasteiger partial charge in [0, 0.05) is 25.7 Å².